The molecule has 0 aliphatic carbocycles. The number of benzene rings is 2. The van der Waals surface area contributed by atoms with E-state index in [1.165, 1.54) is 11.8 Å². The van der Waals surface area contributed by atoms with Crippen LogP contribution in [0.15, 0.2) is 36.4 Å². The van der Waals surface area contributed by atoms with Crippen molar-refractivity contribution in [2.75, 3.05) is 11.4 Å². The van der Waals surface area contributed by atoms with E-state index < -0.39 is 0 Å². The van der Waals surface area contributed by atoms with Gasteiger partial charge in [-0.15, -0.1) is 0 Å². The van der Waals surface area contributed by atoms with Crippen molar-refractivity contribution in [1.82, 2.24) is 0 Å². The van der Waals surface area contributed by atoms with Gasteiger partial charge in [0.05, 0.1) is 5.69 Å². The van der Waals surface area contributed by atoms with Crippen molar-refractivity contribution in [1.29, 1.82) is 0 Å². The minimum Gasteiger partial charge on any atom is -0.506 e. The van der Waals surface area contributed by atoms with Crippen molar-refractivity contribution >= 4 is 16.5 Å². The standard InChI is InChI=1S/C14H14NO/c16-13-8-7-11-5-1-2-6-12(11)14(13)15-9-3-4-10-15/h1-2,5-9,16H,3-4,10H2. The summed E-state index contributed by atoms with van der Waals surface area (Å²) in [6.07, 6.45) is 2.27. The summed E-state index contributed by atoms with van der Waals surface area (Å²) >= 11 is 0. The number of phenols is 1. The Balaban J connectivity index is 2.23. The van der Waals surface area contributed by atoms with Gasteiger partial charge in [-0.25, -0.2) is 0 Å². The Hall–Kier alpha value is -1.70. The van der Waals surface area contributed by atoms with Crippen molar-refractivity contribution < 1.29 is 5.11 Å². The van der Waals surface area contributed by atoms with Crippen LogP contribution in [-0.2, 0) is 0 Å². The smallest absolute Gasteiger partial charge is 0.139 e. The minimum absolute atomic E-state index is 0.372. The number of hydrogen-bond donors (Lipinski definition) is 1. The zero-order valence-electron chi connectivity index (χ0n) is 9.06. The lowest BCUT2D eigenvalue weighted by Gasteiger charge is -2.20. The fourth-order valence-electron chi connectivity index (χ4n) is 2.35. The van der Waals surface area contributed by atoms with Gasteiger partial charge in [-0.3, -0.25) is 0 Å². The monoisotopic (exact) mass is 212 g/mol. The molecule has 2 heteroatoms. The molecule has 1 heterocycles. The molecule has 0 unspecified atom stereocenters. The molecular formula is C14H14NO. The largest absolute Gasteiger partial charge is 0.506 e. The highest BCUT2D eigenvalue weighted by Crippen LogP contribution is 2.38. The van der Waals surface area contributed by atoms with E-state index in [1.807, 2.05) is 18.2 Å². The van der Waals surface area contributed by atoms with Gasteiger partial charge in [0.25, 0.3) is 0 Å². The Kier molecular flexibility index (Phi) is 2.21. The van der Waals surface area contributed by atoms with Gasteiger partial charge in [0.2, 0.25) is 0 Å². The van der Waals surface area contributed by atoms with Crippen LogP contribution in [0.4, 0.5) is 5.69 Å². The first-order valence-electron chi connectivity index (χ1n) is 5.67. The summed E-state index contributed by atoms with van der Waals surface area (Å²) in [5.74, 6) is 0.372. The SMILES string of the molecule is Oc1ccc2ccccc2c1N1[CH]CCC1. The van der Waals surface area contributed by atoms with Gasteiger partial charge in [0.1, 0.15) is 5.75 Å². The molecule has 2 aromatic rings. The van der Waals surface area contributed by atoms with Gasteiger partial charge in [0.15, 0.2) is 0 Å². The maximum absolute atomic E-state index is 10.0. The number of fused-ring (bicyclic) bond motifs is 1. The van der Waals surface area contributed by atoms with Crippen LogP contribution in [0.3, 0.4) is 0 Å². The summed E-state index contributed by atoms with van der Waals surface area (Å²) in [6.45, 7) is 3.17. The fourth-order valence-corrected chi connectivity index (χ4v) is 2.35. The summed E-state index contributed by atoms with van der Waals surface area (Å²) in [7, 11) is 0. The third-order valence-electron chi connectivity index (χ3n) is 3.12. The van der Waals surface area contributed by atoms with Gasteiger partial charge in [-0.1, -0.05) is 30.3 Å². The molecule has 0 atom stereocenters. The van der Waals surface area contributed by atoms with E-state index in [9.17, 15) is 5.11 Å². The maximum Gasteiger partial charge on any atom is 0.139 e. The van der Waals surface area contributed by atoms with Gasteiger partial charge in [-0.2, -0.15) is 0 Å². The topological polar surface area (TPSA) is 23.5 Å². The molecular weight excluding hydrogens is 198 g/mol. The fraction of sp³-hybridized carbons (Fsp3) is 0.214. The molecule has 2 nitrogen and oxygen atoms in total. The minimum atomic E-state index is 0.372. The number of rotatable bonds is 1. The second-order valence-corrected chi connectivity index (χ2v) is 4.17. The molecule has 0 saturated carbocycles. The predicted molar refractivity (Wildman–Crippen MR) is 66.5 cm³/mol. The summed E-state index contributed by atoms with van der Waals surface area (Å²) < 4.78 is 0. The molecule has 2 aromatic carbocycles. The van der Waals surface area contributed by atoms with Crippen molar-refractivity contribution in [3.63, 3.8) is 0 Å². The highest BCUT2D eigenvalue weighted by atomic mass is 16.3. The van der Waals surface area contributed by atoms with E-state index in [0.29, 0.717) is 5.75 Å². The molecule has 1 N–H and O–H groups in total. The van der Waals surface area contributed by atoms with Crippen LogP contribution >= 0.6 is 0 Å². The normalized spacial score (nSPS) is 15.9. The molecule has 16 heavy (non-hydrogen) atoms. The first-order chi connectivity index (χ1) is 7.86. The van der Waals surface area contributed by atoms with Crippen LogP contribution < -0.4 is 4.90 Å². The van der Waals surface area contributed by atoms with E-state index >= 15 is 0 Å². The third kappa shape index (κ3) is 1.42. The number of aromatic hydroxyl groups is 1. The van der Waals surface area contributed by atoms with Crippen LogP contribution in [-0.4, -0.2) is 11.7 Å². The summed E-state index contributed by atoms with van der Waals surface area (Å²) in [6, 6.07) is 11.9. The van der Waals surface area contributed by atoms with Gasteiger partial charge in [-0.05, 0) is 24.3 Å². The third-order valence-corrected chi connectivity index (χ3v) is 3.12. The van der Waals surface area contributed by atoms with E-state index in [4.69, 9.17) is 0 Å². The van der Waals surface area contributed by atoms with E-state index in [2.05, 4.69) is 23.6 Å². The molecule has 1 fully saturated rings. The second-order valence-electron chi connectivity index (χ2n) is 4.17. The Morgan fingerprint density at radius 1 is 1.06 bits per heavy atom. The number of hydrogen-bond acceptors (Lipinski definition) is 2. The quantitative estimate of drug-likeness (QED) is 0.784. The number of phenolic OH excluding ortho intramolecular Hbond substituents is 1. The second kappa shape index (κ2) is 3.71. The van der Waals surface area contributed by atoms with E-state index in [1.54, 1.807) is 6.07 Å². The van der Waals surface area contributed by atoms with Gasteiger partial charge < -0.3 is 10.0 Å². The lowest BCUT2D eigenvalue weighted by molar-refractivity contribution is 0.476. The van der Waals surface area contributed by atoms with Crippen molar-refractivity contribution in [2.24, 2.45) is 0 Å². The summed E-state index contributed by atoms with van der Waals surface area (Å²) in [5.41, 5.74) is 0.954. The average Bonchev–Trinajstić information content (AvgIpc) is 2.82. The highest BCUT2D eigenvalue weighted by Gasteiger charge is 2.18. The van der Waals surface area contributed by atoms with Gasteiger partial charge >= 0.3 is 0 Å². The first-order valence-corrected chi connectivity index (χ1v) is 5.67. The van der Waals surface area contributed by atoms with Crippen molar-refractivity contribution in [3.8, 4) is 5.75 Å². The van der Waals surface area contributed by atoms with E-state index in [0.717, 1.165) is 24.0 Å². The number of anilines is 1. The molecule has 81 valence electrons. The lowest BCUT2D eigenvalue weighted by atomic mass is 10.1. The Bertz CT molecular complexity index is 515. The van der Waals surface area contributed by atoms with Crippen LogP contribution in [0.1, 0.15) is 12.8 Å². The van der Waals surface area contributed by atoms with Crippen molar-refractivity contribution in [3.05, 3.63) is 42.9 Å². The van der Waals surface area contributed by atoms with Gasteiger partial charge in [0, 0.05) is 18.5 Å². The molecule has 0 amide bonds. The highest BCUT2D eigenvalue weighted by molar-refractivity contribution is 5.97. The maximum atomic E-state index is 10.0. The Morgan fingerprint density at radius 3 is 2.75 bits per heavy atom. The predicted octanol–water partition coefficient (Wildman–Crippen LogP) is 3.31. The molecule has 0 spiro atoms. The number of nitrogens with zero attached hydrogens (tertiary/aromatic N) is 1. The molecule has 0 aromatic heterocycles. The molecule has 0 bridgehead atoms. The zero-order chi connectivity index (χ0) is 11.0. The van der Waals surface area contributed by atoms with E-state index in [-0.39, 0.29) is 0 Å². The molecule has 1 saturated heterocycles. The van der Waals surface area contributed by atoms with Crippen LogP contribution in [0, 0.1) is 6.54 Å². The average molecular weight is 212 g/mol. The van der Waals surface area contributed by atoms with Crippen LogP contribution in [0.5, 0.6) is 5.75 Å². The molecule has 3 rings (SSSR count). The first kappa shape index (κ1) is 9.52. The molecule has 1 radical (unpaired) electrons. The molecule has 1 aliphatic rings. The lowest BCUT2D eigenvalue weighted by Crippen LogP contribution is -2.14. The Morgan fingerprint density at radius 2 is 1.94 bits per heavy atom. The molecule has 1 aliphatic heterocycles. The van der Waals surface area contributed by atoms with Crippen LogP contribution in [0.25, 0.3) is 10.8 Å². The summed E-state index contributed by atoms with van der Waals surface area (Å²) in [4.78, 5) is 2.16. The Labute approximate surface area is 95.1 Å². The zero-order valence-corrected chi connectivity index (χ0v) is 9.06. The summed E-state index contributed by atoms with van der Waals surface area (Å²) in [5, 5.41) is 12.3. The van der Waals surface area contributed by atoms with Crippen LogP contribution in [0.2, 0.25) is 0 Å². The van der Waals surface area contributed by atoms with Crippen molar-refractivity contribution in [2.45, 2.75) is 12.8 Å².